The van der Waals surface area contributed by atoms with Crippen LogP contribution in [0.4, 0.5) is 11.6 Å². The standard InChI is InChI=1S/C10H16N4O3/c1-5-10(2,3)17-8-7(14(15)16)6-12-9(11-4)13-8/h6H,5H2,1-4H3,(H,11,12,13). The molecule has 0 amide bonds. The van der Waals surface area contributed by atoms with Gasteiger partial charge in [-0.15, -0.1) is 0 Å². The van der Waals surface area contributed by atoms with Crippen molar-refractivity contribution in [3.8, 4) is 5.88 Å². The molecule has 1 heterocycles. The molecule has 1 aromatic rings. The molecule has 0 atom stereocenters. The first-order valence-electron chi connectivity index (χ1n) is 5.28. The van der Waals surface area contributed by atoms with Gasteiger partial charge in [-0.3, -0.25) is 10.1 Å². The van der Waals surface area contributed by atoms with Gasteiger partial charge in [-0.2, -0.15) is 4.98 Å². The number of hydrogen-bond acceptors (Lipinski definition) is 6. The van der Waals surface area contributed by atoms with Crippen molar-refractivity contribution in [1.82, 2.24) is 9.97 Å². The third-order valence-corrected chi connectivity index (χ3v) is 2.38. The van der Waals surface area contributed by atoms with Gasteiger partial charge in [0.2, 0.25) is 5.95 Å². The second-order valence-electron chi connectivity index (χ2n) is 4.11. The lowest BCUT2D eigenvalue weighted by molar-refractivity contribution is -0.386. The summed E-state index contributed by atoms with van der Waals surface area (Å²) >= 11 is 0. The Hall–Kier alpha value is -1.92. The first kappa shape index (κ1) is 13.1. The minimum atomic E-state index is -0.555. The lowest BCUT2D eigenvalue weighted by Gasteiger charge is -2.23. The fourth-order valence-corrected chi connectivity index (χ4v) is 1.01. The molecule has 0 bridgehead atoms. The molecule has 7 heteroatoms. The van der Waals surface area contributed by atoms with E-state index in [4.69, 9.17) is 4.74 Å². The van der Waals surface area contributed by atoms with E-state index < -0.39 is 10.5 Å². The van der Waals surface area contributed by atoms with Crippen molar-refractivity contribution in [1.29, 1.82) is 0 Å². The summed E-state index contributed by atoms with van der Waals surface area (Å²) in [5.41, 5.74) is -0.741. The van der Waals surface area contributed by atoms with Crippen LogP contribution in [0.15, 0.2) is 6.20 Å². The van der Waals surface area contributed by atoms with Crippen LogP contribution in [0, 0.1) is 10.1 Å². The first-order chi connectivity index (χ1) is 7.89. The average molecular weight is 240 g/mol. The Bertz CT molecular complexity index is 420. The summed E-state index contributed by atoms with van der Waals surface area (Å²) in [7, 11) is 1.63. The molecule has 17 heavy (non-hydrogen) atoms. The molecule has 7 nitrogen and oxygen atoms in total. The van der Waals surface area contributed by atoms with Crippen LogP contribution in [0.1, 0.15) is 27.2 Å². The van der Waals surface area contributed by atoms with Gasteiger partial charge in [-0.1, -0.05) is 6.92 Å². The van der Waals surface area contributed by atoms with E-state index in [9.17, 15) is 10.1 Å². The molecule has 0 fully saturated rings. The van der Waals surface area contributed by atoms with E-state index in [1.807, 2.05) is 20.8 Å². The normalized spacial score (nSPS) is 11.1. The number of anilines is 1. The maximum absolute atomic E-state index is 10.8. The summed E-state index contributed by atoms with van der Waals surface area (Å²) < 4.78 is 5.55. The van der Waals surface area contributed by atoms with Crippen LogP contribution in [0.3, 0.4) is 0 Å². The third kappa shape index (κ3) is 3.27. The minimum absolute atomic E-state index is 0.0128. The van der Waals surface area contributed by atoms with Crippen molar-refractivity contribution in [3.63, 3.8) is 0 Å². The number of rotatable bonds is 5. The number of nitrogens with one attached hydrogen (secondary N) is 1. The zero-order chi connectivity index (χ0) is 13.1. The Balaban J connectivity index is 3.13. The van der Waals surface area contributed by atoms with Crippen molar-refractivity contribution in [2.75, 3.05) is 12.4 Å². The molecule has 0 aliphatic carbocycles. The summed E-state index contributed by atoms with van der Waals surface area (Å²) in [6.07, 6.45) is 1.85. The second-order valence-corrected chi connectivity index (χ2v) is 4.11. The van der Waals surface area contributed by atoms with Gasteiger partial charge in [0, 0.05) is 7.05 Å². The average Bonchev–Trinajstić information content (AvgIpc) is 2.28. The molecule has 0 saturated carbocycles. The maximum atomic E-state index is 10.8. The smallest absolute Gasteiger partial charge is 0.349 e. The highest BCUT2D eigenvalue weighted by Crippen LogP contribution is 2.28. The van der Waals surface area contributed by atoms with Crippen molar-refractivity contribution < 1.29 is 9.66 Å². The van der Waals surface area contributed by atoms with Crippen LogP contribution in [0.25, 0.3) is 0 Å². The molecule has 1 aromatic heterocycles. The zero-order valence-electron chi connectivity index (χ0n) is 10.4. The van der Waals surface area contributed by atoms with Gasteiger partial charge in [0.1, 0.15) is 11.8 Å². The quantitative estimate of drug-likeness (QED) is 0.625. The highest BCUT2D eigenvalue weighted by molar-refractivity contribution is 5.43. The molecule has 0 saturated heterocycles. The van der Waals surface area contributed by atoms with Crippen LogP contribution in [-0.4, -0.2) is 27.5 Å². The SMILES string of the molecule is CCC(C)(C)Oc1nc(NC)ncc1[N+](=O)[O-]. The topological polar surface area (TPSA) is 90.2 Å². The van der Waals surface area contributed by atoms with Gasteiger partial charge in [-0.25, -0.2) is 4.98 Å². The van der Waals surface area contributed by atoms with E-state index in [-0.39, 0.29) is 17.5 Å². The molecule has 0 unspecified atom stereocenters. The predicted molar refractivity (Wildman–Crippen MR) is 63.2 cm³/mol. The van der Waals surface area contributed by atoms with Gasteiger partial charge in [-0.05, 0) is 20.3 Å². The molecule has 0 aromatic carbocycles. The number of ether oxygens (including phenoxy) is 1. The highest BCUT2D eigenvalue weighted by atomic mass is 16.6. The van der Waals surface area contributed by atoms with Crippen molar-refractivity contribution >= 4 is 11.6 Å². The molecular weight excluding hydrogens is 224 g/mol. The first-order valence-corrected chi connectivity index (χ1v) is 5.28. The van der Waals surface area contributed by atoms with Crippen molar-refractivity contribution in [3.05, 3.63) is 16.3 Å². The predicted octanol–water partition coefficient (Wildman–Crippen LogP) is 1.99. The molecule has 0 spiro atoms. The Kier molecular flexibility index (Phi) is 3.82. The van der Waals surface area contributed by atoms with Gasteiger partial charge < -0.3 is 10.1 Å². The Labute approximate surface area is 99.4 Å². The van der Waals surface area contributed by atoms with Crippen LogP contribution < -0.4 is 10.1 Å². The molecule has 1 N–H and O–H groups in total. The molecule has 1 rings (SSSR count). The van der Waals surface area contributed by atoms with Gasteiger partial charge in [0.05, 0.1) is 4.92 Å². The Morgan fingerprint density at radius 1 is 1.59 bits per heavy atom. The fourth-order valence-electron chi connectivity index (χ4n) is 1.01. The molecular formula is C10H16N4O3. The Morgan fingerprint density at radius 2 is 2.24 bits per heavy atom. The van der Waals surface area contributed by atoms with E-state index in [0.29, 0.717) is 6.42 Å². The van der Waals surface area contributed by atoms with E-state index in [2.05, 4.69) is 15.3 Å². The zero-order valence-corrected chi connectivity index (χ0v) is 10.4. The lowest BCUT2D eigenvalue weighted by Crippen LogP contribution is -2.27. The summed E-state index contributed by atoms with van der Waals surface area (Å²) in [5, 5.41) is 13.5. The maximum Gasteiger partial charge on any atom is 0.349 e. The van der Waals surface area contributed by atoms with Crippen LogP contribution in [-0.2, 0) is 0 Å². The van der Waals surface area contributed by atoms with Gasteiger partial charge in [0.25, 0.3) is 5.88 Å². The van der Waals surface area contributed by atoms with Crippen LogP contribution in [0.2, 0.25) is 0 Å². The third-order valence-electron chi connectivity index (χ3n) is 2.38. The summed E-state index contributed by atoms with van der Waals surface area (Å²) in [6.45, 7) is 5.63. The van der Waals surface area contributed by atoms with Crippen LogP contribution in [0.5, 0.6) is 5.88 Å². The van der Waals surface area contributed by atoms with Crippen molar-refractivity contribution in [2.24, 2.45) is 0 Å². The van der Waals surface area contributed by atoms with Crippen molar-refractivity contribution in [2.45, 2.75) is 32.8 Å². The molecule has 0 aliphatic rings. The lowest BCUT2D eigenvalue weighted by atomic mass is 10.1. The summed E-state index contributed by atoms with van der Waals surface area (Å²) in [5.74, 6) is 0.277. The number of aromatic nitrogens is 2. The summed E-state index contributed by atoms with van der Waals surface area (Å²) in [6, 6.07) is 0. The fraction of sp³-hybridized carbons (Fsp3) is 0.600. The van der Waals surface area contributed by atoms with Crippen LogP contribution >= 0.6 is 0 Å². The Morgan fingerprint density at radius 3 is 2.71 bits per heavy atom. The minimum Gasteiger partial charge on any atom is -0.467 e. The van der Waals surface area contributed by atoms with Gasteiger partial charge >= 0.3 is 5.69 Å². The largest absolute Gasteiger partial charge is 0.467 e. The number of nitro groups is 1. The number of nitrogens with zero attached hydrogens (tertiary/aromatic N) is 3. The second kappa shape index (κ2) is 4.94. The molecule has 0 radical (unpaired) electrons. The van der Waals surface area contributed by atoms with E-state index in [1.54, 1.807) is 7.05 Å². The summed E-state index contributed by atoms with van der Waals surface area (Å²) in [4.78, 5) is 18.0. The molecule has 94 valence electrons. The van der Waals surface area contributed by atoms with Gasteiger partial charge in [0.15, 0.2) is 0 Å². The van der Waals surface area contributed by atoms with E-state index in [0.717, 1.165) is 6.20 Å². The highest BCUT2D eigenvalue weighted by Gasteiger charge is 2.25. The molecule has 0 aliphatic heterocycles. The van der Waals surface area contributed by atoms with E-state index in [1.165, 1.54) is 0 Å². The number of hydrogen-bond donors (Lipinski definition) is 1. The van der Waals surface area contributed by atoms with E-state index >= 15 is 0 Å². The monoisotopic (exact) mass is 240 g/mol.